The van der Waals surface area contributed by atoms with Crippen LogP contribution in [0.5, 0.6) is 5.75 Å². The Kier molecular flexibility index (Phi) is 5.41. The summed E-state index contributed by atoms with van der Waals surface area (Å²) in [5, 5.41) is 5.19. The van der Waals surface area contributed by atoms with Gasteiger partial charge in [-0.3, -0.25) is 4.79 Å². The standard InChI is InChI=1S/C23H20ClFN6O2/c1-13-21(24)14(2)31-22(28-13)18-10-30(11-19(18)29-31)23(32)17-4-3-16(25)7-20(17)33-6-5-15-8-26-12-27-9-15/h3-4,7-9,12H,5-6,10-11H2,1-2H3. The van der Waals surface area contributed by atoms with Crippen LogP contribution in [0.2, 0.25) is 5.02 Å². The van der Waals surface area contributed by atoms with E-state index in [0.717, 1.165) is 22.5 Å². The molecule has 0 fully saturated rings. The Morgan fingerprint density at radius 2 is 2.00 bits per heavy atom. The van der Waals surface area contributed by atoms with E-state index < -0.39 is 5.82 Å². The van der Waals surface area contributed by atoms with E-state index in [0.29, 0.717) is 41.4 Å². The van der Waals surface area contributed by atoms with Crippen molar-refractivity contribution in [3.63, 3.8) is 0 Å². The van der Waals surface area contributed by atoms with Gasteiger partial charge in [0.2, 0.25) is 0 Å². The molecule has 1 aromatic carbocycles. The Hall–Kier alpha value is -3.59. The number of carbonyl (C=O) groups is 1. The van der Waals surface area contributed by atoms with Crippen LogP contribution in [0.1, 0.15) is 38.6 Å². The monoisotopic (exact) mass is 466 g/mol. The normalized spacial score (nSPS) is 12.9. The van der Waals surface area contributed by atoms with E-state index in [-0.39, 0.29) is 18.3 Å². The summed E-state index contributed by atoms with van der Waals surface area (Å²) in [6.07, 6.45) is 5.36. The van der Waals surface area contributed by atoms with Gasteiger partial charge in [-0.25, -0.2) is 23.9 Å². The number of aromatic nitrogens is 5. The highest BCUT2D eigenvalue weighted by atomic mass is 35.5. The van der Waals surface area contributed by atoms with Crippen LogP contribution in [0.4, 0.5) is 4.39 Å². The van der Waals surface area contributed by atoms with Crippen molar-refractivity contribution in [1.29, 1.82) is 0 Å². The molecule has 0 radical (unpaired) electrons. The molecule has 0 aliphatic carbocycles. The number of ether oxygens (including phenoxy) is 1. The van der Waals surface area contributed by atoms with E-state index in [1.807, 2.05) is 13.8 Å². The molecular formula is C23H20ClFN6O2. The van der Waals surface area contributed by atoms with E-state index in [1.165, 1.54) is 24.5 Å². The number of amides is 1. The molecule has 33 heavy (non-hydrogen) atoms. The van der Waals surface area contributed by atoms with Crippen LogP contribution in [0, 0.1) is 19.7 Å². The maximum atomic E-state index is 13.9. The summed E-state index contributed by atoms with van der Waals surface area (Å²) in [4.78, 5) is 27.5. The largest absolute Gasteiger partial charge is 0.492 e. The molecule has 0 spiro atoms. The van der Waals surface area contributed by atoms with Crippen molar-refractivity contribution in [2.75, 3.05) is 6.61 Å². The molecule has 0 unspecified atom stereocenters. The summed E-state index contributed by atoms with van der Waals surface area (Å²) >= 11 is 6.31. The zero-order chi connectivity index (χ0) is 23.1. The van der Waals surface area contributed by atoms with Crippen molar-refractivity contribution in [2.24, 2.45) is 0 Å². The van der Waals surface area contributed by atoms with Crippen molar-refractivity contribution < 1.29 is 13.9 Å². The fourth-order valence-corrected chi connectivity index (χ4v) is 4.08. The van der Waals surface area contributed by atoms with Crippen molar-refractivity contribution >= 4 is 23.2 Å². The van der Waals surface area contributed by atoms with Crippen molar-refractivity contribution in [2.45, 2.75) is 33.4 Å². The molecule has 1 aliphatic rings. The summed E-state index contributed by atoms with van der Waals surface area (Å²) in [7, 11) is 0. The first kappa shape index (κ1) is 21.3. The van der Waals surface area contributed by atoms with Crippen LogP contribution in [0.3, 0.4) is 0 Å². The van der Waals surface area contributed by atoms with Gasteiger partial charge in [0.1, 0.15) is 17.9 Å². The third kappa shape index (κ3) is 3.89. The predicted octanol–water partition coefficient (Wildman–Crippen LogP) is 3.71. The van der Waals surface area contributed by atoms with Crippen molar-refractivity contribution in [3.8, 4) is 5.75 Å². The van der Waals surface area contributed by atoms with Gasteiger partial charge < -0.3 is 9.64 Å². The fourth-order valence-electron chi connectivity index (χ4n) is 3.96. The molecular weight excluding hydrogens is 447 g/mol. The average molecular weight is 467 g/mol. The van der Waals surface area contributed by atoms with E-state index in [9.17, 15) is 9.18 Å². The zero-order valence-electron chi connectivity index (χ0n) is 18.0. The summed E-state index contributed by atoms with van der Waals surface area (Å²) in [5.74, 6) is -0.530. The summed E-state index contributed by atoms with van der Waals surface area (Å²) in [5.41, 5.74) is 5.07. The van der Waals surface area contributed by atoms with E-state index in [1.54, 1.807) is 21.8 Å². The van der Waals surface area contributed by atoms with Crippen LogP contribution >= 0.6 is 11.6 Å². The minimum Gasteiger partial charge on any atom is -0.492 e. The van der Waals surface area contributed by atoms with E-state index in [4.69, 9.17) is 16.3 Å². The van der Waals surface area contributed by atoms with Gasteiger partial charge in [-0.05, 0) is 31.5 Å². The molecule has 4 aromatic rings. The Morgan fingerprint density at radius 1 is 1.21 bits per heavy atom. The lowest BCUT2D eigenvalue weighted by atomic mass is 10.1. The lowest BCUT2D eigenvalue weighted by molar-refractivity contribution is 0.0745. The summed E-state index contributed by atoms with van der Waals surface area (Å²) < 4.78 is 21.4. The smallest absolute Gasteiger partial charge is 0.258 e. The zero-order valence-corrected chi connectivity index (χ0v) is 18.8. The minimum atomic E-state index is -0.473. The van der Waals surface area contributed by atoms with Gasteiger partial charge in [-0.15, -0.1) is 0 Å². The third-order valence-electron chi connectivity index (χ3n) is 5.68. The lowest BCUT2D eigenvalue weighted by Crippen LogP contribution is -2.26. The number of hydrogen-bond donors (Lipinski definition) is 0. The number of carbonyl (C=O) groups excluding carboxylic acids is 1. The molecule has 0 saturated heterocycles. The third-order valence-corrected chi connectivity index (χ3v) is 6.23. The highest BCUT2D eigenvalue weighted by Gasteiger charge is 2.31. The first-order chi connectivity index (χ1) is 15.9. The maximum Gasteiger partial charge on any atom is 0.258 e. The molecule has 168 valence electrons. The van der Waals surface area contributed by atoms with Gasteiger partial charge >= 0.3 is 0 Å². The summed E-state index contributed by atoms with van der Waals surface area (Å²) in [6, 6.07) is 3.94. The first-order valence-corrected chi connectivity index (χ1v) is 10.8. The Balaban J connectivity index is 1.37. The van der Waals surface area contributed by atoms with Gasteiger partial charge in [-0.1, -0.05) is 11.6 Å². The van der Waals surface area contributed by atoms with Crippen LogP contribution in [0.15, 0.2) is 36.9 Å². The van der Waals surface area contributed by atoms with Crippen LogP contribution < -0.4 is 4.74 Å². The number of fused-ring (bicyclic) bond motifs is 3. The minimum absolute atomic E-state index is 0.201. The Labute approximate surface area is 194 Å². The molecule has 8 nitrogen and oxygen atoms in total. The molecule has 0 saturated carbocycles. The van der Waals surface area contributed by atoms with Crippen molar-refractivity contribution in [1.82, 2.24) is 29.5 Å². The van der Waals surface area contributed by atoms with Gasteiger partial charge in [-0.2, -0.15) is 5.10 Å². The number of halogens is 2. The molecule has 0 bridgehead atoms. The van der Waals surface area contributed by atoms with Crippen molar-refractivity contribution in [3.05, 3.63) is 81.5 Å². The topological polar surface area (TPSA) is 85.5 Å². The van der Waals surface area contributed by atoms with Crippen LogP contribution in [0.25, 0.3) is 5.65 Å². The van der Waals surface area contributed by atoms with Gasteiger partial charge in [0, 0.05) is 30.4 Å². The van der Waals surface area contributed by atoms with E-state index >= 15 is 0 Å². The molecule has 0 atom stereocenters. The van der Waals surface area contributed by atoms with Crippen LogP contribution in [-0.2, 0) is 19.5 Å². The molecule has 5 rings (SSSR count). The SMILES string of the molecule is Cc1nc2c3c(nn2c(C)c1Cl)CN(C(=O)c1ccc(F)cc1OCCc1cncnc1)C3. The van der Waals surface area contributed by atoms with Gasteiger partial charge in [0.25, 0.3) is 5.91 Å². The second-order valence-corrected chi connectivity index (χ2v) is 8.28. The van der Waals surface area contributed by atoms with Gasteiger partial charge in [0.05, 0.1) is 47.4 Å². The second-order valence-electron chi connectivity index (χ2n) is 7.90. The Morgan fingerprint density at radius 3 is 2.79 bits per heavy atom. The van der Waals surface area contributed by atoms with E-state index in [2.05, 4.69) is 20.1 Å². The highest BCUT2D eigenvalue weighted by Crippen LogP contribution is 2.31. The van der Waals surface area contributed by atoms with Crippen LogP contribution in [-0.4, -0.2) is 42.0 Å². The quantitative estimate of drug-likeness (QED) is 0.446. The highest BCUT2D eigenvalue weighted by molar-refractivity contribution is 6.31. The lowest BCUT2D eigenvalue weighted by Gasteiger charge is -2.18. The van der Waals surface area contributed by atoms with Gasteiger partial charge in [0.15, 0.2) is 5.65 Å². The fraction of sp³-hybridized carbons (Fsp3) is 0.261. The summed E-state index contributed by atoms with van der Waals surface area (Å²) in [6.45, 7) is 4.67. The number of aryl methyl sites for hydroxylation is 2. The number of nitrogens with zero attached hydrogens (tertiary/aromatic N) is 6. The second kappa shape index (κ2) is 8.40. The molecule has 0 N–H and O–H groups in total. The molecule has 1 aliphatic heterocycles. The molecule has 10 heteroatoms. The number of hydrogen-bond acceptors (Lipinski definition) is 6. The first-order valence-electron chi connectivity index (χ1n) is 10.4. The average Bonchev–Trinajstić information content (AvgIpc) is 3.37. The molecule has 1 amide bonds. The number of benzene rings is 1. The maximum absolute atomic E-state index is 13.9. The number of rotatable bonds is 5. The Bertz CT molecular complexity index is 1370. The molecule has 4 heterocycles. The predicted molar refractivity (Wildman–Crippen MR) is 119 cm³/mol. The molecule has 3 aromatic heterocycles.